The van der Waals surface area contributed by atoms with Crippen molar-refractivity contribution < 1.29 is 23.1 Å². The first-order chi connectivity index (χ1) is 12.2. The zero-order valence-electron chi connectivity index (χ0n) is 14.3. The van der Waals surface area contributed by atoms with Gasteiger partial charge in [-0.1, -0.05) is 26.0 Å². The van der Waals surface area contributed by atoms with Crippen molar-refractivity contribution in [1.82, 2.24) is 5.32 Å². The molecule has 2 aromatic rings. The summed E-state index contributed by atoms with van der Waals surface area (Å²) >= 11 is 1.08. The van der Waals surface area contributed by atoms with Gasteiger partial charge in [0.1, 0.15) is 10.3 Å². The van der Waals surface area contributed by atoms with Gasteiger partial charge < -0.3 is 10.4 Å². The van der Waals surface area contributed by atoms with Crippen molar-refractivity contribution in [2.24, 2.45) is 5.92 Å². The summed E-state index contributed by atoms with van der Waals surface area (Å²) in [7, 11) is -3.72. The average Bonchev–Trinajstić information content (AvgIpc) is 3.09. The van der Waals surface area contributed by atoms with Crippen LogP contribution < -0.4 is 10.0 Å². The molecular formula is C17H20N2O5S2. The van der Waals surface area contributed by atoms with Gasteiger partial charge in [-0.3, -0.25) is 9.52 Å². The van der Waals surface area contributed by atoms with Crippen molar-refractivity contribution in [3.63, 3.8) is 0 Å². The van der Waals surface area contributed by atoms with Crippen molar-refractivity contribution in [2.45, 2.75) is 30.5 Å². The monoisotopic (exact) mass is 396 g/mol. The van der Waals surface area contributed by atoms with Gasteiger partial charge in [-0.25, -0.2) is 13.2 Å². The Labute approximate surface area is 156 Å². The van der Waals surface area contributed by atoms with Crippen LogP contribution in [-0.4, -0.2) is 31.4 Å². The summed E-state index contributed by atoms with van der Waals surface area (Å²) in [5, 5.41) is 13.3. The SMILES string of the molecule is CC(C)C[C@@H](NC(=O)c1cccc(NS(=O)(=O)c2cccs2)c1)C(=O)O. The van der Waals surface area contributed by atoms with E-state index in [0.717, 1.165) is 11.3 Å². The molecule has 0 aliphatic heterocycles. The summed E-state index contributed by atoms with van der Waals surface area (Å²) in [6.45, 7) is 3.73. The van der Waals surface area contributed by atoms with Crippen LogP contribution in [-0.2, 0) is 14.8 Å². The second-order valence-electron chi connectivity index (χ2n) is 6.11. The number of sulfonamides is 1. The van der Waals surface area contributed by atoms with Crippen LogP contribution in [0.5, 0.6) is 0 Å². The molecule has 0 aliphatic rings. The number of anilines is 1. The maximum atomic E-state index is 12.3. The largest absolute Gasteiger partial charge is 0.480 e. The van der Waals surface area contributed by atoms with E-state index in [0.29, 0.717) is 6.42 Å². The fourth-order valence-electron chi connectivity index (χ4n) is 2.28. The van der Waals surface area contributed by atoms with Gasteiger partial charge in [-0.05, 0) is 42.0 Å². The fourth-order valence-corrected chi connectivity index (χ4v) is 4.32. The van der Waals surface area contributed by atoms with E-state index >= 15 is 0 Å². The minimum Gasteiger partial charge on any atom is -0.480 e. The molecule has 9 heteroatoms. The van der Waals surface area contributed by atoms with Gasteiger partial charge in [0, 0.05) is 11.3 Å². The number of benzene rings is 1. The number of thiophene rings is 1. The number of carbonyl (C=O) groups is 2. The molecule has 7 nitrogen and oxygen atoms in total. The molecule has 0 bridgehead atoms. The first-order valence-corrected chi connectivity index (χ1v) is 10.3. The van der Waals surface area contributed by atoms with Crippen molar-refractivity contribution in [3.8, 4) is 0 Å². The van der Waals surface area contributed by atoms with E-state index in [9.17, 15) is 23.1 Å². The predicted octanol–water partition coefficient (Wildman–Crippen LogP) is 2.78. The predicted molar refractivity (Wildman–Crippen MR) is 99.9 cm³/mol. The van der Waals surface area contributed by atoms with E-state index < -0.39 is 27.9 Å². The van der Waals surface area contributed by atoms with Crippen molar-refractivity contribution in [1.29, 1.82) is 0 Å². The highest BCUT2D eigenvalue weighted by molar-refractivity contribution is 7.94. The number of carboxylic acids is 1. The highest BCUT2D eigenvalue weighted by atomic mass is 32.2. The number of nitrogens with one attached hydrogen (secondary N) is 2. The summed E-state index contributed by atoms with van der Waals surface area (Å²) in [4.78, 5) is 23.6. The minimum absolute atomic E-state index is 0.0975. The molecule has 0 saturated heterocycles. The second kappa shape index (κ2) is 8.33. The first kappa shape index (κ1) is 19.9. The zero-order valence-corrected chi connectivity index (χ0v) is 15.9. The Morgan fingerprint density at radius 2 is 1.92 bits per heavy atom. The van der Waals surface area contributed by atoms with Gasteiger partial charge >= 0.3 is 5.97 Å². The maximum absolute atomic E-state index is 12.3. The summed E-state index contributed by atoms with van der Waals surface area (Å²) in [5.41, 5.74) is 0.396. The van der Waals surface area contributed by atoms with Gasteiger partial charge in [0.15, 0.2) is 0 Å². The van der Waals surface area contributed by atoms with Crippen LogP contribution in [0.4, 0.5) is 5.69 Å². The van der Waals surface area contributed by atoms with E-state index in [2.05, 4.69) is 10.0 Å². The summed E-state index contributed by atoms with van der Waals surface area (Å²) in [6.07, 6.45) is 0.297. The highest BCUT2D eigenvalue weighted by Crippen LogP contribution is 2.21. The molecule has 140 valence electrons. The van der Waals surface area contributed by atoms with E-state index in [4.69, 9.17) is 0 Å². The van der Waals surface area contributed by atoms with E-state index in [1.54, 1.807) is 11.4 Å². The van der Waals surface area contributed by atoms with Gasteiger partial charge in [-0.2, -0.15) is 0 Å². The number of aliphatic carboxylic acids is 1. The number of carbonyl (C=O) groups excluding carboxylic acids is 1. The molecule has 3 N–H and O–H groups in total. The lowest BCUT2D eigenvalue weighted by Gasteiger charge is -2.16. The van der Waals surface area contributed by atoms with Crippen LogP contribution in [0.3, 0.4) is 0 Å². The normalized spacial score (nSPS) is 12.6. The Bertz CT molecular complexity index is 876. The number of carboxylic acid groups (broad SMARTS) is 1. The van der Waals surface area contributed by atoms with Gasteiger partial charge in [-0.15, -0.1) is 11.3 Å². The van der Waals surface area contributed by atoms with Gasteiger partial charge in [0.25, 0.3) is 15.9 Å². The molecule has 0 aliphatic carbocycles. The molecule has 2 rings (SSSR count). The topological polar surface area (TPSA) is 113 Å². The lowest BCUT2D eigenvalue weighted by atomic mass is 10.0. The highest BCUT2D eigenvalue weighted by Gasteiger charge is 2.22. The summed E-state index contributed by atoms with van der Waals surface area (Å²) in [5.74, 6) is -1.59. The lowest BCUT2D eigenvalue weighted by Crippen LogP contribution is -2.41. The van der Waals surface area contributed by atoms with Crippen molar-refractivity contribution in [2.75, 3.05) is 4.72 Å². The Morgan fingerprint density at radius 3 is 2.50 bits per heavy atom. The Morgan fingerprint density at radius 1 is 1.19 bits per heavy atom. The molecule has 1 aromatic carbocycles. The third kappa shape index (κ3) is 5.30. The minimum atomic E-state index is -3.72. The molecule has 0 fully saturated rings. The molecule has 0 saturated carbocycles. The average molecular weight is 396 g/mol. The molecule has 0 spiro atoms. The number of hydrogen-bond donors (Lipinski definition) is 3. The first-order valence-electron chi connectivity index (χ1n) is 7.89. The second-order valence-corrected chi connectivity index (χ2v) is 8.97. The van der Waals surface area contributed by atoms with Crippen LogP contribution in [0.2, 0.25) is 0 Å². The Hall–Kier alpha value is -2.39. The smallest absolute Gasteiger partial charge is 0.326 e. The fraction of sp³-hybridized carbons (Fsp3) is 0.294. The quantitative estimate of drug-likeness (QED) is 0.635. The third-order valence-electron chi connectivity index (χ3n) is 3.45. The van der Waals surface area contributed by atoms with Crippen molar-refractivity contribution >= 4 is 38.9 Å². The number of amides is 1. The van der Waals surface area contributed by atoms with Crippen LogP contribution in [0.25, 0.3) is 0 Å². The third-order valence-corrected chi connectivity index (χ3v) is 6.23. The summed E-state index contributed by atoms with van der Waals surface area (Å²) in [6, 6.07) is 8.01. The molecule has 0 radical (unpaired) electrons. The van der Waals surface area contributed by atoms with E-state index in [1.807, 2.05) is 13.8 Å². The molecule has 0 unspecified atom stereocenters. The maximum Gasteiger partial charge on any atom is 0.326 e. The summed E-state index contributed by atoms with van der Waals surface area (Å²) < 4.78 is 27.1. The Balaban J connectivity index is 2.15. The van der Waals surface area contributed by atoms with Gasteiger partial charge in [0.05, 0.1) is 0 Å². The van der Waals surface area contributed by atoms with Crippen LogP contribution in [0, 0.1) is 5.92 Å². The molecule has 1 atom stereocenters. The lowest BCUT2D eigenvalue weighted by molar-refractivity contribution is -0.139. The standard InChI is InChI=1S/C17H20N2O5S2/c1-11(2)9-14(17(21)22)18-16(20)12-5-3-6-13(10-12)19-26(23,24)15-7-4-8-25-15/h3-8,10-11,14,19H,9H2,1-2H3,(H,18,20)(H,21,22)/t14-/m1/s1. The van der Waals surface area contributed by atoms with Crippen LogP contribution in [0.15, 0.2) is 46.0 Å². The van der Waals surface area contributed by atoms with Crippen LogP contribution in [0.1, 0.15) is 30.6 Å². The van der Waals surface area contributed by atoms with E-state index in [1.165, 1.54) is 30.3 Å². The Kier molecular flexibility index (Phi) is 6.38. The van der Waals surface area contributed by atoms with Crippen LogP contribution >= 0.6 is 11.3 Å². The molecular weight excluding hydrogens is 376 g/mol. The van der Waals surface area contributed by atoms with E-state index in [-0.39, 0.29) is 21.4 Å². The van der Waals surface area contributed by atoms with Gasteiger partial charge in [0.2, 0.25) is 0 Å². The van der Waals surface area contributed by atoms with Crippen molar-refractivity contribution in [3.05, 3.63) is 47.3 Å². The molecule has 1 aromatic heterocycles. The number of rotatable bonds is 8. The molecule has 26 heavy (non-hydrogen) atoms. The zero-order chi connectivity index (χ0) is 19.3. The number of hydrogen-bond acceptors (Lipinski definition) is 5. The molecule has 1 heterocycles. The molecule has 1 amide bonds.